The van der Waals surface area contributed by atoms with Crippen molar-refractivity contribution in [3.8, 4) is 35.5 Å². The van der Waals surface area contributed by atoms with E-state index < -0.39 is 37.0 Å². The summed E-state index contributed by atoms with van der Waals surface area (Å²) in [6.07, 6.45) is 1.70. The van der Waals surface area contributed by atoms with Crippen molar-refractivity contribution in [2.75, 3.05) is 77.9 Å². The molecule has 91 heavy (non-hydrogen) atoms. The Hall–Kier alpha value is -7.77. The minimum atomic E-state index is -3.69. The Bertz CT molecular complexity index is 3750. The Morgan fingerprint density at radius 3 is 1.31 bits per heavy atom. The number of nitrogens with one attached hydrogen (secondary N) is 1. The molecule has 2 amide bonds. The van der Waals surface area contributed by atoms with Crippen LogP contribution in [0.1, 0.15) is 112 Å². The maximum atomic E-state index is 13.3. The smallest absolute Gasteiger partial charge is 0.410 e. The molecule has 3 fully saturated rings. The van der Waals surface area contributed by atoms with Crippen molar-refractivity contribution < 1.29 is 50.1 Å². The number of nitriles is 3. The number of carbonyl (C=O) groups is 2. The van der Waals surface area contributed by atoms with Crippen molar-refractivity contribution in [3.63, 3.8) is 0 Å². The molecule has 0 spiro atoms. The highest BCUT2D eigenvalue weighted by atomic mass is 35.5. The molecule has 0 aromatic heterocycles. The molecule has 0 bridgehead atoms. The number of halogens is 1. The van der Waals surface area contributed by atoms with Gasteiger partial charge >= 0.3 is 12.2 Å². The second kappa shape index (κ2) is 33.0. The maximum absolute atomic E-state index is 13.3. The molecule has 6 atom stereocenters. The van der Waals surface area contributed by atoms with Crippen molar-refractivity contribution in [1.82, 2.24) is 15.1 Å². The van der Waals surface area contributed by atoms with E-state index >= 15 is 0 Å². The fourth-order valence-electron chi connectivity index (χ4n) is 11.5. The molecule has 9 rings (SSSR count). The zero-order valence-corrected chi connectivity index (χ0v) is 56.4. The van der Waals surface area contributed by atoms with E-state index in [1.165, 1.54) is 23.8 Å². The highest BCUT2D eigenvalue weighted by molar-refractivity contribution is 7.99. The fourth-order valence-corrected chi connectivity index (χ4v) is 16.0. The monoisotopic (exact) mass is 1310 g/mol. The third-order valence-corrected chi connectivity index (χ3v) is 20.8. The van der Waals surface area contributed by atoms with Crippen LogP contribution in [0.5, 0.6) is 17.2 Å². The SMILES string of the molecule is COc1ccc([C@@H]2CCN(C(=O)OC(C)(C)C)C[C@H]2CS(=O)(=O)c2cccc(C#N)c2)cc1.COc1ccc([C@@H]2CCN(C(=O)OC(C)(C)C)C[C@H]2CSc2cccc(C#N)c2)cc1.COc1ccc([C@@H]2CCNC[C@H]2CS(=O)(=O)c2cccc(C#N)c2)cc1.Cl. The third kappa shape index (κ3) is 21.1. The van der Waals surface area contributed by atoms with Gasteiger partial charge in [-0.3, -0.25) is 0 Å². The Kier molecular flexibility index (Phi) is 26.2. The summed E-state index contributed by atoms with van der Waals surface area (Å²) in [5, 5.41) is 30.7. The van der Waals surface area contributed by atoms with Gasteiger partial charge in [0.15, 0.2) is 19.7 Å². The third-order valence-electron chi connectivity index (χ3n) is 15.9. The summed E-state index contributed by atoms with van der Waals surface area (Å²) >= 11 is 1.73. The molecular formula is C70H83ClN6O11S3. The molecule has 3 aliphatic heterocycles. The lowest BCUT2D eigenvalue weighted by atomic mass is 9.81. The molecule has 3 aliphatic rings. The minimum Gasteiger partial charge on any atom is -0.497 e. The Morgan fingerprint density at radius 2 is 0.901 bits per heavy atom. The van der Waals surface area contributed by atoms with E-state index in [4.69, 9.17) is 34.2 Å². The summed E-state index contributed by atoms with van der Waals surface area (Å²) in [4.78, 5) is 30.2. The number of amides is 2. The number of benzene rings is 6. The molecule has 6 aromatic carbocycles. The van der Waals surface area contributed by atoms with E-state index in [0.717, 1.165) is 58.4 Å². The standard InChI is InChI=1S/C25H30N2O5S.C25H30N2O3S.C20H22N2O3S.ClH/c1-25(2,3)32-24(28)27-13-12-23(19-8-10-21(31-4)11-9-19)20(16-27)17-33(29,30)22-7-5-6-18(14-22)15-26;1-25(2,3)30-24(28)27-13-12-23(19-8-10-21(29-4)11-9-19)20(16-27)17-31-22-7-5-6-18(14-22)15-26;1-25-18-7-5-16(6-8-18)20-9-10-22-13-17(20)14-26(23,24)19-4-2-3-15(11-19)12-21;/h5-11,14,20,23H,12-13,16-17H2,1-4H3;5-11,14,20,23H,12-13,16-17H2,1-4H3;2-8,11,17,20,22H,9-10,13-14H2,1H3;1H/t2*20-,23-;17-,20-;/m000./s1. The number of rotatable bonds is 15. The van der Waals surface area contributed by atoms with Crippen LogP contribution in [-0.2, 0) is 29.1 Å². The van der Waals surface area contributed by atoms with E-state index in [-0.39, 0.29) is 75.9 Å². The number of hydrogen-bond donors (Lipinski definition) is 1. The lowest BCUT2D eigenvalue weighted by Crippen LogP contribution is -2.47. The first-order valence-electron chi connectivity index (χ1n) is 30.0. The van der Waals surface area contributed by atoms with E-state index in [0.29, 0.717) is 55.2 Å². The van der Waals surface area contributed by atoms with Crippen molar-refractivity contribution >= 4 is 56.0 Å². The highest BCUT2D eigenvalue weighted by Gasteiger charge is 2.39. The van der Waals surface area contributed by atoms with E-state index in [9.17, 15) is 31.7 Å². The van der Waals surface area contributed by atoms with Crippen LogP contribution >= 0.6 is 24.2 Å². The average Bonchev–Trinajstić information content (AvgIpc) is 1.02. The predicted molar refractivity (Wildman–Crippen MR) is 356 cm³/mol. The average molecular weight is 1320 g/mol. The van der Waals surface area contributed by atoms with Crippen LogP contribution < -0.4 is 19.5 Å². The molecule has 1 N–H and O–H groups in total. The van der Waals surface area contributed by atoms with Crippen LogP contribution in [0, 0.1) is 51.7 Å². The quantitative estimate of drug-likeness (QED) is 0.0940. The molecule has 0 unspecified atom stereocenters. The van der Waals surface area contributed by atoms with Crippen LogP contribution in [0.25, 0.3) is 0 Å². The van der Waals surface area contributed by atoms with Crippen LogP contribution in [0.15, 0.2) is 160 Å². The topological polar surface area (TPSA) is 238 Å². The van der Waals surface area contributed by atoms with Gasteiger partial charge in [0.2, 0.25) is 0 Å². The van der Waals surface area contributed by atoms with Gasteiger partial charge in [-0.1, -0.05) is 54.6 Å². The number of likely N-dealkylation sites (tertiary alicyclic amines) is 2. The zero-order valence-electron chi connectivity index (χ0n) is 53.2. The van der Waals surface area contributed by atoms with Gasteiger partial charge in [0.05, 0.1) is 77.5 Å². The number of piperidine rings is 3. The van der Waals surface area contributed by atoms with Gasteiger partial charge in [-0.25, -0.2) is 26.4 Å². The van der Waals surface area contributed by atoms with E-state index in [1.54, 1.807) is 89.1 Å². The second-order valence-electron chi connectivity index (χ2n) is 24.6. The lowest BCUT2D eigenvalue weighted by Gasteiger charge is -2.39. The molecule has 0 saturated carbocycles. The van der Waals surface area contributed by atoms with Gasteiger partial charge in [0.25, 0.3) is 0 Å². The van der Waals surface area contributed by atoms with Gasteiger partial charge in [0.1, 0.15) is 28.5 Å². The highest BCUT2D eigenvalue weighted by Crippen LogP contribution is 2.40. The van der Waals surface area contributed by atoms with Crippen LogP contribution in [0.2, 0.25) is 0 Å². The molecule has 3 saturated heterocycles. The van der Waals surface area contributed by atoms with E-state index in [2.05, 4.69) is 23.5 Å². The van der Waals surface area contributed by atoms with E-state index in [1.807, 2.05) is 123 Å². The molecule has 484 valence electrons. The van der Waals surface area contributed by atoms with Gasteiger partial charge in [-0.2, -0.15) is 15.8 Å². The first-order chi connectivity index (χ1) is 42.8. The molecule has 17 nitrogen and oxygen atoms in total. The van der Waals surface area contributed by atoms with Crippen molar-refractivity contribution in [3.05, 3.63) is 179 Å². The predicted octanol–water partition coefficient (Wildman–Crippen LogP) is 13.2. The molecule has 21 heteroatoms. The summed E-state index contributed by atoms with van der Waals surface area (Å²) in [5.41, 5.74) is 3.58. The number of thioether (sulfide) groups is 1. The van der Waals surface area contributed by atoms with Gasteiger partial charge in [-0.15, -0.1) is 24.2 Å². The fraction of sp³-hybridized carbons (Fsp3) is 0.414. The number of ether oxygens (including phenoxy) is 5. The second-order valence-corrected chi connectivity index (χ2v) is 29.8. The van der Waals surface area contributed by atoms with Crippen molar-refractivity contribution in [2.24, 2.45) is 17.8 Å². The number of methoxy groups -OCH3 is 3. The minimum absolute atomic E-state index is 0. The number of hydrogen-bond acceptors (Lipinski definition) is 16. The van der Waals surface area contributed by atoms with Crippen LogP contribution in [0.3, 0.4) is 0 Å². The first-order valence-corrected chi connectivity index (χ1v) is 34.3. The lowest BCUT2D eigenvalue weighted by molar-refractivity contribution is 0.0148. The summed E-state index contributed by atoms with van der Waals surface area (Å²) < 4.78 is 79.3. The zero-order chi connectivity index (χ0) is 65.2. The Morgan fingerprint density at radius 1 is 0.527 bits per heavy atom. The summed E-state index contributed by atoms with van der Waals surface area (Å²) in [6.45, 7) is 14.7. The van der Waals surface area contributed by atoms with Crippen LogP contribution in [0.4, 0.5) is 9.59 Å². The Balaban J connectivity index is 0.000000217. The molecule has 6 aromatic rings. The normalized spacial score (nSPS) is 19.1. The summed E-state index contributed by atoms with van der Waals surface area (Å²) in [6, 6.07) is 49.9. The number of nitrogens with zero attached hydrogens (tertiary/aromatic N) is 5. The summed E-state index contributed by atoms with van der Waals surface area (Å²) in [5.74, 6) is 3.51. The molecular weight excluding hydrogens is 1230 g/mol. The van der Waals surface area contributed by atoms with Crippen molar-refractivity contribution in [1.29, 1.82) is 15.8 Å². The van der Waals surface area contributed by atoms with Crippen molar-refractivity contribution in [2.45, 2.75) is 104 Å². The molecule has 0 aliphatic carbocycles. The van der Waals surface area contributed by atoms with Gasteiger partial charge in [-0.05, 0) is 217 Å². The molecule has 0 radical (unpaired) electrons. The largest absolute Gasteiger partial charge is 0.497 e. The molecule has 3 heterocycles. The number of carbonyl (C=O) groups excluding carboxylic acids is 2. The number of sulfone groups is 2. The Labute approximate surface area is 548 Å². The summed E-state index contributed by atoms with van der Waals surface area (Å²) in [7, 11) is -2.25. The van der Waals surface area contributed by atoms with Gasteiger partial charge < -0.3 is 38.8 Å². The maximum Gasteiger partial charge on any atom is 0.410 e. The van der Waals surface area contributed by atoms with Gasteiger partial charge in [0, 0.05) is 36.8 Å². The first kappa shape index (κ1) is 72.3. The van der Waals surface area contributed by atoms with Crippen LogP contribution in [-0.4, -0.2) is 128 Å².